The SMILES string of the molecule is CCc1cccc(CC)c1-n1c[n+]2c(n1)oc1ccccc12. The molecule has 0 spiro atoms. The Morgan fingerprint density at radius 1 is 1.00 bits per heavy atom. The average Bonchev–Trinajstić information content (AvgIpc) is 3.11. The first kappa shape index (κ1) is 13.1. The number of aromatic nitrogens is 3. The number of hydrogen-bond acceptors (Lipinski definition) is 2. The molecule has 4 nitrogen and oxygen atoms in total. The van der Waals surface area contributed by atoms with Gasteiger partial charge in [-0.3, -0.25) is 0 Å². The van der Waals surface area contributed by atoms with E-state index in [1.165, 1.54) is 16.8 Å². The molecule has 4 rings (SSSR count). The van der Waals surface area contributed by atoms with Crippen LogP contribution in [-0.4, -0.2) is 9.78 Å². The lowest BCUT2D eigenvalue weighted by atomic mass is 10.0. The third-order valence-corrected chi connectivity index (χ3v) is 4.14. The lowest BCUT2D eigenvalue weighted by Gasteiger charge is -2.07. The first-order chi connectivity index (χ1) is 10.8. The van der Waals surface area contributed by atoms with Crippen LogP contribution in [0.15, 0.2) is 53.2 Å². The van der Waals surface area contributed by atoms with E-state index in [4.69, 9.17) is 4.42 Å². The van der Waals surface area contributed by atoms with Crippen LogP contribution in [0.3, 0.4) is 0 Å². The predicted octanol–water partition coefficient (Wildman–Crippen LogP) is 3.48. The number of benzene rings is 2. The van der Waals surface area contributed by atoms with Crippen LogP contribution in [0.1, 0.15) is 25.0 Å². The minimum Gasteiger partial charge on any atom is -0.395 e. The van der Waals surface area contributed by atoms with Gasteiger partial charge in [-0.1, -0.05) is 48.9 Å². The first-order valence-electron chi connectivity index (χ1n) is 7.71. The number of para-hydroxylation sites is 3. The van der Waals surface area contributed by atoms with Gasteiger partial charge in [-0.25, -0.2) is 0 Å². The molecule has 0 aliphatic rings. The summed E-state index contributed by atoms with van der Waals surface area (Å²) in [7, 11) is 0. The lowest BCUT2D eigenvalue weighted by Crippen LogP contribution is -2.16. The number of fused-ring (bicyclic) bond motifs is 3. The normalized spacial score (nSPS) is 11.5. The topological polar surface area (TPSA) is 35.1 Å². The summed E-state index contributed by atoms with van der Waals surface area (Å²) < 4.78 is 9.78. The molecule has 0 fully saturated rings. The second-order valence-corrected chi connectivity index (χ2v) is 5.41. The van der Waals surface area contributed by atoms with E-state index in [-0.39, 0.29) is 0 Å². The van der Waals surface area contributed by atoms with Gasteiger partial charge < -0.3 is 4.42 Å². The Bertz CT molecular complexity index is 943. The molecule has 0 unspecified atom stereocenters. The quantitative estimate of drug-likeness (QED) is 0.542. The number of nitrogens with zero attached hydrogens (tertiary/aromatic N) is 3. The van der Waals surface area contributed by atoms with Crippen molar-refractivity contribution in [2.45, 2.75) is 26.7 Å². The van der Waals surface area contributed by atoms with Crippen molar-refractivity contribution in [3.8, 4) is 5.69 Å². The minimum atomic E-state index is 0.620. The van der Waals surface area contributed by atoms with E-state index in [1.54, 1.807) is 0 Å². The van der Waals surface area contributed by atoms with Gasteiger partial charge >= 0.3 is 5.84 Å². The number of rotatable bonds is 3. The highest BCUT2D eigenvalue weighted by molar-refractivity contribution is 5.70. The highest BCUT2D eigenvalue weighted by atomic mass is 16.4. The number of aryl methyl sites for hydroxylation is 2. The molecule has 2 heterocycles. The van der Waals surface area contributed by atoms with Crippen molar-refractivity contribution in [2.75, 3.05) is 0 Å². The Morgan fingerprint density at radius 2 is 1.73 bits per heavy atom. The number of oxazole rings is 1. The lowest BCUT2D eigenvalue weighted by molar-refractivity contribution is -0.486. The standard InChI is InChI=1S/C18H18N3O/c1-3-13-8-7-9-14(4-2)17(13)21-12-20-15-10-5-6-11-16(15)22-18(20)19-21/h5-12H,3-4H2,1-2H3/q+1. The van der Waals surface area contributed by atoms with Gasteiger partial charge in [-0.05, 0) is 36.1 Å². The molecule has 4 aromatic rings. The zero-order valence-corrected chi connectivity index (χ0v) is 12.8. The van der Waals surface area contributed by atoms with E-state index in [2.05, 4.69) is 37.1 Å². The molecule has 2 aromatic carbocycles. The van der Waals surface area contributed by atoms with Crippen LogP contribution >= 0.6 is 0 Å². The van der Waals surface area contributed by atoms with E-state index in [0.29, 0.717) is 5.84 Å². The van der Waals surface area contributed by atoms with E-state index >= 15 is 0 Å². The summed E-state index contributed by atoms with van der Waals surface area (Å²) in [6.07, 6.45) is 3.97. The Balaban J connectivity index is 1.99. The minimum absolute atomic E-state index is 0.620. The van der Waals surface area contributed by atoms with E-state index < -0.39 is 0 Å². The molecular weight excluding hydrogens is 274 g/mol. The molecule has 0 bridgehead atoms. The highest BCUT2D eigenvalue weighted by Gasteiger charge is 2.22. The molecule has 0 aliphatic carbocycles. The molecular formula is C18H18N3O+. The van der Waals surface area contributed by atoms with Gasteiger partial charge in [0.05, 0.1) is 5.10 Å². The first-order valence-corrected chi connectivity index (χ1v) is 7.71. The maximum absolute atomic E-state index is 5.83. The fourth-order valence-corrected chi connectivity index (χ4v) is 3.02. The summed E-state index contributed by atoms with van der Waals surface area (Å²) >= 11 is 0. The molecule has 0 N–H and O–H groups in total. The van der Waals surface area contributed by atoms with Gasteiger partial charge in [0.25, 0.3) is 0 Å². The molecule has 22 heavy (non-hydrogen) atoms. The van der Waals surface area contributed by atoms with Crippen molar-refractivity contribution in [1.82, 2.24) is 9.78 Å². The van der Waals surface area contributed by atoms with E-state index in [0.717, 1.165) is 23.9 Å². The van der Waals surface area contributed by atoms with Gasteiger partial charge in [0.15, 0.2) is 11.1 Å². The molecule has 110 valence electrons. The zero-order valence-electron chi connectivity index (χ0n) is 12.8. The smallest absolute Gasteiger partial charge is 0.395 e. The van der Waals surface area contributed by atoms with Crippen LogP contribution in [0.25, 0.3) is 22.6 Å². The summed E-state index contributed by atoms with van der Waals surface area (Å²) in [6, 6.07) is 14.5. The zero-order chi connectivity index (χ0) is 15.1. The summed E-state index contributed by atoms with van der Waals surface area (Å²) in [4.78, 5) is 0. The Kier molecular flexibility index (Phi) is 2.96. The van der Waals surface area contributed by atoms with Crippen LogP contribution < -0.4 is 4.40 Å². The maximum Gasteiger partial charge on any atom is 0.479 e. The van der Waals surface area contributed by atoms with Crippen molar-refractivity contribution in [1.29, 1.82) is 0 Å². The highest BCUT2D eigenvalue weighted by Crippen LogP contribution is 2.21. The van der Waals surface area contributed by atoms with Crippen molar-refractivity contribution in [3.05, 3.63) is 59.9 Å². The maximum atomic E-state index is 5.83. The molecule has 0 atom stereocenters. The van der Waals surface area contributed by atoms with E-state index in [9.17, 15) is 0 Å². The van der Waals surface area contributed by atoms with Gasteiger partial charge in [0.2, 0.25) is 6.33 Å². The van der Waals surface area contributed by atoms with Gasteiger partial charge in [0, 0.05) is 0 Å². The molecule has 0 saturated heterocycles. The summed E-state index contributed by atoms with van der Waals surface area (Å²) in [5.41, 5.74) is 5.67. The Morgan fingerprint density at radius 3 is 2.45 bits per heavy atom. The fourth-order valence-electron chi connectivity index (χ4n) is 3.02. The largest absolute Gasteiger partial charge is 0.479 e. The number of hydrogen-bond donors (Lipinski definition) is 0. The molecule has 0 amide bonds. The third kappa shape index (κ3) is 1.84. The van der Waals surface area contributed by atoms with Crippen molar-refractivity contribution in [3.63, 3.8) is 0 Å². The predicted molar refractivity (Wildman–Crippen MR) is 85.3 cm³/mol. The van der Waals surface area contributed by atoms with Crippen molar-refractivity contribution < 1.29 is 8.82 Å². The third-order valence-electron chi connectivity index (χ3n) is 4.14. The van der Waals surface area contributed by atoms with Crippen LogP contribution in [-0.2, 0) is 12.8 Å². The van der Waals surface area contributed by atoms with Gasteiger partial charge in [0.1, 0.15) is 5.69 Å². The van der Waals surface area contributed by atoms with Crippen molar-refractivity contribution >= 4 is 16.9 Å². The van der Waals surface area contributed by atoms with Crippen LogP contribution in [0.5, 0.6) is 0 Å². The molecule has 0 aliphatic heterocycles. The summed E-state index contributed by atoms with van der Waals surface area (Å²) in [5, 5.41) is 4.65. The van der Waals surface area contributed by atoms with Crippen LogP contribution in [0.4, 0.5) is 0 Å². The molecule has 0 saturated carbocycles. The Labute approximate surface area is 128 Å². The van der Waals surface area contributed by atoms with Crippen LogP contribution in [0, 0.1) is 0 Å². The fraction of sp³-hybridized carbons (Fsp3) is 0.222. The van der Waals surface area contributed by atoms with Crippen LogP contribution in [0.2, 0.25) is 0 Å². The monoisotopic (exact) mass is 292 g/mol. The second-order valence-electron chi connectivity index (χ2n) is 5.41. The summed E-state index contributed by atoms with van der Waals surface area (Å²) in [5.74, 6) is 0.620. The molecule has 4 heteroatoms. The molecule has 0 radical (unpaired) electrons. The van der Waals surface area contributed by atoms with Crippen molar-refractivity contribution in [2.24, 2.45) is 0 Å². The Hall–Kier alpha value is -2.62. The molecule has 2 aromatic heterocycles. The summed E-state index contributed by atoms with van der Waals surface area (Å²) in [6.45, 7) is 4.35. The average molecular weight is 292 g/mol. The van der Waals surface area contributed by atoms with E-state index in [1.807, 2.05) is 39.7 Å². The van der Waals surface area contributed by atoms with Gasteiger partial charge in [-0.2, -0.15) is 4.40 Å². The van der Waals surface area contributed by atoms with Gasteiger partial charge in [-0.15, -0.1) is 0 Å². The second kappa shape index (κ2) is 4.98.